The van der Waals surface area contributed by atoms with Crippen LogP contribution in [0.1, 0.15) is 50.9 Å². The van der Waals surface area contributed by atoms with Gasteiger partial charge in [0.15, 0.2) is 17.3 Å². The summed E-state index contributed by atoms with van der Waals surface area (Å²) >= 11 is 0. The molecular formula is C19H25F3O5. The molecule has 0 saturated carbocycles. The van der Waals surface area contributed by atoms with Crippen molar-refractivity contribution in [3.8, 4) is 11.5 Å². The SMILES string of the molecule is COc1cc(C(C)=O)ccc1OCCCC(=O)O[C@@H](C(C)(C)C)C(F)(F)F. The Kier molecular flexibility index (Phi) is 7.68. The average Bonchev–Trinajstić information content (AvgIpc) is 2.54. The molecule has 0 aliphatic rings. The lowest BCUT2D eigenvalue weighted by Gasteiger charge is -2.31. The van der Waals surface area contributed by atoms with Crippen LogP contribution in [-0.2, 0) is 9.53 Å². The van der Waals surface area contributed by atoms with E-state index >= 15 is 0 Å². The topological polar surface area (TPSA) is 61.8 Å². The van der Waals surface area contributed by atoms with E-state index in [1.54, 1.807) is 12.1 Å². The first-order valence-electron chi connectivity index (χ1n) is 8.44. The maximum Gasteiger partial charge on any atom is 0.426 e. The summed E-state index contributed by atoms with van der Waals surface area (Å²) in [5.41, 5.74) is -0.792. The van der Waals surface area contributed by atoms with Gasteiger partial charge in [0, 0.05) is 17.4 Å². The van der Waals surface area contributed by atoms with Gasteiger partial charge in [-0.25, -0.2) is 0 Å². The molecule has 0 fully saturated rings. The van der Waals surface area contributed by atoms with Crippen molar-refractivity contribution >= 4 is 11.8 Å². The van der Waals surface area contributed by atoms with E-state index in [4.69, 9.17) is 9.47 Å². The van der Waals surface area contributed by atoms with Gasteiger partial charge in [-0.1, -0.05) is 20.8 Å². The number of esters is 1. The van der Waals surface area contributed by atoms with Crippen LogP contribution in [0.15, 0.2) is 18.2 Å². The number of halogens is 3. The van der Waals surface area contributed by atoms with Crippen LogP contribution in [-0.4, -0.2) is 37.7 Å². The van der Waals surface area contributed by atoms with Crippen LogP contribution in [0, 0.1) is 5.41 Å². The fourth-order valence-electron chi connectivity index (χ4n) is 2.33. The number of hydrogen-bond acceptors (Lipinski definition) is 5. The molecule has 0 radical (unpaired) electrons. The highest BCUT2D eigenvalue weighted by Gasteiger charge is 2.49. The Balaban J connectivity index is 2.56. The number of methoxy groups -OCH3 is 1. The van der Waals surface area contributed by atoms with E-state index in [0.29, 0.717) is 17.1 Å². The van der Waals surface area contributed by atoms with E-state index in [9.17, 15) is 22.8 Å². The molecule has 27 heavy (non-hydrogen) atoms. The second kappa shape index (κ2) is 9.10. The predicted octanol–water partition coefficient (Wildman–Crippen LogP) is 4.58. The van der Waals surface area contributed by atoms with Crippen molar-refractivity contribution in [2.75, 3.05) is 13.7 Å². The van der Waals surface area contributed by atoms with Crippen molar-refractivity contribution in [2.45, 2.75) is 52.8 Å². The summed E-state index contributed by atoms with van der Waals surface area (Å²) in [5, 5.41) is 0. The highest BCUT2D eigenvalue weighted by Crippen LogP contribution is 2.36. The molecule has 5 nitrogen and oxygen atoms in total. The van der Waals surface area contributed by atoms with Gasteiger partial charge in [-0.05, 0) is 31.5 Å². The Morgan fingerprint density at radius 1 is 1.11 bits per heavy atom. The Morgan fingerprint density at radius 3 is 2.22 bits per heavy atom. The quantitative estimate of drug-likeness (QED) is 0.369. The number of ketones is 1. The smallest absolute Gasteiger partial charge is 0.426 e. The monoisotopic (exact) mass is 390 g/mol. The maximum atomic E-state index is 13.0. The van der Waals surface area contributed by atoms with E-state index in [1.165, 1.54) is 40.9 Å². The molecule has 1 atom stereocenters. The molecule has 1 aromatic carbocycles. The number of benzene rings is 1. The van der Waals surface area contributed by atoms with Crippen molar-refractivity contribution in [1.82, 2.24) is 0 Å². The van der Waals surface area contributed by atoms with Gasteiger partial charge in [-0.2, -0.15) is 13.2 Å². The molecule has 0 heterocycles. The molecule has 0 bridgehead atoms. The zero-order chi connectivity index (χ0) is 20.8. The minimum atomic E-state index is -4.63. The number of ether oxygens (including phenoxy) is 3. The number of carbonyl (C=O) groups is 2. The number of hydrogen-bond donors (Lipinski definition) is 0. The molecule has 1 rings (SSSR count). The maximum absolute atomic E-state index is 13.0. The molecule has 152 valence electrons. The normalized spacial score (nSPS) is 13.0. The molecule has 0 aliphatic carbocycles. The molecule has 0 unspecified atom stereocenters. The molecule has 0 N–H and O–H groups in total. The summed E-state index contributed by atoms with van der Waals surface area (Å²) in [6.07, 6.45) is -6.84. The second-order valence-corrected chi connectivity index (χ2v) is 7.15. The van der Waals surface area contributed by atoms with Crippen LogP contribution in [0.2, 0.25) is 0 Å². The lowest BCUT2D eigenvalue weighted by Crippen LogP contribution is -2.43. The number of carbonyl (C=O) groups excluding carboxylic acids is 2. The summed E-state index contributed by atoms with van der Waals surface area (Å²) in [5.74, 6) is -0.329. The fraction of sp³-hybridized carbons (Fsp3) is 0.579. The van der Waals surface area contributed by atoms with E-state index in [-0.39, 0.29) is 25.2 Å². The highest BCUT2D eigenvalue weighted by molar-refractivity contribution is 5.94. The van der Waals surface area contributed by atoms with Crippen LogP contribution in [0.3, 0.4) is 0 Å². The minimum absolute atomic E-state index is 0.0804. The zero-order valence-corrected chi connectivity index (χ0v) is 16.1. The number of alkyl halides is 3. The van der Waals surface area contributed by atoms with Crippen LogP contribution >= 0.6 is 0 Å². The average molecular weight is 390 g/mol. The van der Waals surface area contributed by atoms with Crippen molar-refractivity contribution < 1.29 is 37.0 Å². The third kappa shape index (κ3) is 7.11. The lowest BCUT2D eigenvalue weighted by atomic mass is 9.88. The Labute approximate surface area is 156 Å². The van der Waals surface area contributed by atoms with Crippen molar-refractivity contribution in [3.63, 3.8) is 0 Å². The molecule has 0 spiro atoms. The summed E-state index contributed by atoms with van der Waals surface area (Å²) in [7, 11) is 1.42. The van der Waals surface area contributed by atoms with E-state index in [2.05, 4.69) is 4.74 Å². The minimum Gasteiger partial charge on any atom is -0.493 e. The van der Waals surface area contributed by atoms with Gasteiger partial charge in [0.05, 0.1) is 13.7 Å². The third-order valence-corrected chi connectivity index (χ3v) is 3.69. The predicted molar refractivity (Wildman–Crippen MR) is 93.1 cm³/mol. The fourth-order valence-corrected chi connectivity index (χ4v) is 2.33. The van der Waals surface area contributed by atoms with Gasteiger partial charge in [-0.3, -0.25) is 9.59 Å². The second-order valence-electron chi connectivity index (χ2n) is 7.15. The van der Waals surface area contributed by atoms with Gasteiger partial charge < -0.3 is 14.2 Å². The van der Waals surface area contributed by atoms with E-state index in [1.807, 2.05) is 0 Å². The number of rotatable bonds is 8. The van der Waals surface area contributed by atoms with E-state index < -0.39 is 23.7 Å². The van der Waals surface area contributed by atoms with Gasteiger partial charge in [0.25, 0.3) is 0 Å². The number of Topliss-reactive ketones (excluding diaryl/α,β-unsaturated/α-hetero) is 1. The Bertz CT molecular complexity index is 648. The summed E-state index contributed by atoms with van der Waals surface area (Å²) in [6, 6.07) is 4.67. The van der Waals surface area contributed by atoms with Gasteiger partial charge in [0.2, 0.25) is 6.10 Å². The van der Waals surface area contributed by atoms with Crippen LogP contribution in [0.5, 0.6) is 11.5 Å². The van der Waals surface area contributed by atoms with Crippen LogP contribution < -0.4 is 9.47 Å². The first-order chi connectivity index (χ1) is 12.4. The van der Waals surface area contributed by atoms with Gasteiger partial charge >= 0.3 is 12.1 Å². The first kappa shape index (κ1) is 22.8. The lowest BCUT2D eigenvalue weighted by molar-refractivity contribution is -0.244. The highest BCUT2D eigenvalue weighted by atomic mass is 19.4. The van der Waals surface area contributed by atoms with E-state index in [0.717, 1.165) is 0 Å². The molecule has 0 saturated heterocycles. The Morgan fingerprint density at radius 2 is 1.74 bits per heavy atom. The summed E-state index contributed by atoms with van der Waals surface area (Å²) in [4.78, 5) is 23.1. The standard InChI is InChI=1S/C19H25F3O5/c1-12(23)13-8-9-14(15(11-13)25-5)26-10-6-7-16(24)27-17(18(2,3)4)19(20,21)22/h8-9,11,17H,6-7,10H2,1-5H3/t17-/m0/s1. The molecule has 1 aromatic rings. The first-order valence-corrected chi connectivity index (χ1v) is 8.44. The zero-order valence-electron chi connectivity index (χ0n) is 16.1. The largest absolute Gasteiger partial charge is 0.493 e. The van der Waals surface area contributed by atoms with Gasteiger partial charge in [0.1, 0.15) is 0 Å². The molecule has 0 aromatic heterocycles. The molecule has 0 aliphatic heterocycles. The molecule has 8 heteroatoms. The van der Waals surface area contributed by atoms with Gasteiger partial charge in [-0.15, -0.1) is 0 Å². The Hall–Kier alpha value is -2.25. The van der Waals surface area contributed by atoms with Crippen molar-refractivity contribution in [1.29, 1.82) is 0 Å². The molecule has 0 amide bonds. The van der Waals surface area contributed by atoms with Crippen LogP contribution in [0.4, 0.5) is 13.2 Å². The van der Waals surface area contributed by atoms with Crippen molar-refractivity contribution in [3.05, 3.63) is 23.8 Å². The van der Waals surface area contributed by atoms with Crippen molar-refractivity contribution in [2.24, 2.45) is 5.41 Å². The third-order valence-electron chi connectivity index (χ3n) is 3.69. The summed E-state index contributed by atoms with van der Waals surface area (Å²) < 4.78 is 54.3. The summed E-state index contributed by atoms with van der Waals surface area (Å²) in [6.45, 7) is 5.58. The van der Waals surface area contributed by atoms with Crippen LogP contribution in [0.25, 0.3) is 0 Å². The molecular weight excluding hydrogens is 365 g/mol.